The largest absolute Gasteiger partial charge is 0.465 e. The first-order valence-corrected chi connectivity index (χ1v) is 11.9. The van der Waals surface area contributed by atoms with E-state index in [-0.39, 0.29) is 23.2 Å². The molecule has 31 heavy (non-hydrogen) atoms. The summed E-state index contributed by atoms with van der Waals surface area (Å²) in [6, 6.07) is 13.6. The third-order valence-electron chi connectivity index (χ3n) is 5.35. The third kappa shape index (κ3) is 6.15. The van der Waals surface area contributed by atoms with Gasteiger partial charge in [-0.25, -0.2) is 13.2 Å². The van der Waals surface area contributed by atoms with Crippen LogP contribution in [0.2, 0.25) is 0 Å². The normalized spacial score (nSPS) is 14.7. The Bertz CT molecular complexity index is 995. The van der Waals surface area contributed by atoms with Crippen LogP contribution in [-0.2, 0) is 32.4 Å². The van der Waals surface area contributed by atoms with Gasteiger partial charge in [-0.15, -0.1) is 0 Å². The van der Waals surface area contributed by atoms with Crippen LogP contribution in [0.15, 0.2) is 53.4 Å². The molecule has 0 aromatic heterocycles. The molecule has 8 heteroatoms. The average Bonchev–Trinajstić information content (AvgIpc) is 2.80. The van der Waals surface area contributed by atoms with Gasteiger partial charge in [0.1, 0.15) is 0 Å². The first kappa shape index (κ1) is 23.0. The Balaban J connectivity index is 1.47. The maximum atomic E-state index is 12.7. The van der Waals surface area contributed by atoms with Gasteiger partial charge in [0.05, 0.1) is 24.0 Å². The number of carbonyl (C=O) groups excluding carboxylic acids is 2. The molecule has 1 fully saturated rings. The van der Waals surface area contributed by atoms with Crippen molar-refractivity contribution >= 4 is 21.9 Å². The molecule has 1 N–H and O–H groups in total. The van der Waals surface area contributed by atoms with Gasteiger partial charge in [-0.3, -0.25) is 4.79 Å². The molecule has 0 radical (unpaired) electrons. The number of nitrogens with one attached hydrogen (secondary N) is 1. The van der Waals surface area contributed by atoms with Crippen molar-refractivity contribution in [3.8, 4) is 0 Å². The van der Waals surface area contributed by atoms with Crippen molar-refractivity contribution in [3.63, 3.8) is 0 Å². The molecule has 0 unspecified atom stereocenters. The number of benzene rings is 2. The average molecular weight is 445 g/mol. The summed E-state index contributed by atoms with van der Waals surface area (Å²) in [4.78, 5) is 23.9. The number of hydrogen-bond donors (Lipinski definition) is 1. The summed E-state index contributed by atoms with van der Waals surface area (Å²) in [5.41, 5.74) is 2.25. The summed E-state index contributed by atoms with van der Waals surface area (Å²) in [6.45, 7) is 1.60. The molecule has 1 amide bonds. The third-order valence-corrected chi connectivity index (χ3v) is 7.26. The highest BCUT2D eigenvalue weighted by molar-refractivity contribution is 7.89. The lowest BCUT2D eigenvalue weighted by molar-refractivity contribution is -0.120. The number of nitrogens with zero attached hydrogens (tertiary/aromatic N) is 1. The maximum Gasteiger partial charge on any atom is 0.337 e. The smallest absolute Gasteiger partial charge is 0.337 e. The molecule has 0 saturated carbocycles. The van der Waals surface area contributed by atoms with Crippen LogP contribution < -0.4 is 5.32 Å². The van der Waals surface area contributed by atoms with E-state index in [9.17, 15) is 18.0 Å². The van der Waals surface area contributed by atoms with Crippen LogP contribution in [0.5, 0.6) is 0 Å². The van der Waals surface area contributed by atoms with Gasteiger partial charge in [0, 0.05) is 19.6 Å². The van der Waals surface area contributed by atoms with Crippen LogP contribution in [0.4, 0.5) is 0 Å². The molecule has 0 spiro atoms. The van der Waals surface area contributed by atoms with Crippen LogP contribution in [0.25, 0.3) is 0 Å². The monoisotopic (exact) mass is 444 g/mol. The number of rotatable bonds is 8. The van der Waals surface area contributed by atoms with E-state index < -0.39 is 10.0 Å². The van der Waals surface area contributed by atoms with E-state index in [1.54, 1.807) is 36.4 Å². The molecule has 0 aliphatic carbocycles. The molecule has 1 heterocycles. The summed E-state index contributed by atoms with van der Waals surface area (Å²) >= 11 is 0. The molecule has 166 valence electrons. The number of ether oxygens (including phenoxy) is 1. The van der Waals surface area contributed by atoms with Crippen LogP contribution >= 0.6 is 0 Å². The topological polar surface area (TPSA) is 92.8 Å². The van der Waals surface area contributed by atoms with E-state index in [4.69, 9.17) is 0 Å². The van der Waals surface area contributed by atoms with Gasteiger partial charge < -0.3 is 10.1 Å². The molecule has 7 nitrogen and oxygen atoms in total. The summed E-state index contributed by atoms with van der Waals surface area (Å²) in [6.07, 6.45) is 3.68. The second-order valence-electron chi connectivity index (χ2n) is 7.57. The van der Waals surface area contributed by atoms with E-state index in [0.29, 0.717) is 31.6 Å². The minimum absolute atomic E-state index is 0.127. The van der Waals surface area contributed by atoms with Gasteiger partial charge in [-0.1, -0.05) is 30.7 Å². The SMILES string of the molecule is COC(=O)c1ccc(CCNC(=O)Cc2ccc(S(=O)(=O)N3CCCCC3)cc2)cc1. The lowest BCUT2D eigenvalue weighted by atomic mass is 10.1. The molecule has 2 aromatic carbocycles. The Labute approximate surface area is 183 Å². The lowest BCUT2D eigenvalue weighted by Crippen LogP contribution is -2.35. The van der Waals surface area contributed by atoms with Gasteiger partial charge >= 0.3 is 5.97 Å². The number of carbonyl (C=O) groups is 2. The van der Waals surface area contributed by atoms with Crippen molar-refractivity contribution in [3.05, 3.63) is 65.2 Å². The van der Waals surface area contributed by atoms with Crippen molar-refractivity contribution in [2.24, 2.45) is 0 Å². The predicted molar refractivity (Wildman–Crippen MR) is 117 cm³/mol. The molecule has 1 aliphatic heterocycles. The standard InChI is InChI=1S/C23H28N2O5S/c1-30-23(27)20-9-5-18(6-10-20)13-14-24-22(26)17-19-7-11-21(12-8-19)31(28,29)25-15-3-2-4-16-25/h5-12H,2-4,13-17H2,1H3,(H,24,26). The lowest BCUT2D eigenvalue weighted by Gasteiger charge is -2.25. The van der Waals surface area contributed by atoms with E-state index in [1.165, 1.54) is 11.4 Å². The Morgan fingerprint density at radius 1 is 0.935 bits per heavy atom. The number of amides is 1. The highest BCUT2D eigenvalue weighted by Gasteiger charge is 2.25. The highest BCUT2D eigenvalue weighted by atomic mass is 32.2. The Morgan fingerprint density at radius 2 is 1.55 bits per heavy atom. The van der Waals surface area contributed by atoms with Crippen molar-refractivity contribution < 1.29 is 22.7 Å². The van der Waals surface area contributed by atoms with E-state index in [2.05, 4.69) is 10.1 Å². The number of sulfonamides is 1. The van der Waals surface area contributed by atoms with Crippen molar-refractivity contribution in [1.29, 1.82) is 0 Å². The van der Waals surface area contributed by atoms with E-state index in [0.717, 1.165) is 30.4 Å². The van der Waals surface area contributed by atoms with Crippen LogP contribution in [-0.4, -0.2) is 51.3 Å². The van der Waals surface area contributed by atoms with Gasteiger partial charge in [0.25, 0.3) is 0 Å². The van der Waals surface area contributed by atoms with Crippen molar-refractivity contribution in [2.75, 3.05) is 26.7 Å². The second kappa shape index (κ2) is 10.5. The molecule has 3 rings (SSSR count). The van der Waals surface area contributed by atoms with Crippen molar-refractivity contribution in [1.82, 2.24) is 9.62 Å². The first-order chi connectivity index (χ1) is 14.9. The molecule has 1 saturated heterocycles. The van der Waals surface area contributed by atoms with Crippen LogP contribution in [0, 0.1) is 0 Å². The van der Waals surface area contributed by atoms with Crippen LogP contribution in [0.1, 0.15) is 40.7 Å². The molecule has 0 bridgehead atoms. The zero-order valence-corrected chi connectivity index (χ0v) is 18.5. The van der Waals surface area contributed by atoms with E-state index in [1.807, 2.05) is 12.1 Å². The summed E-state index contributed by atoms with van der Waals surface area (Å²) in [7, 11) is -2.12. The van der Waals surface area contributed by atoms with Crippen molar-refractivity contribution in [2.45, 2.75) is 37.0 Å². The zero-order valence-electron chi connectivity index (χ0n) is 17.7. The minimum Gasteiger partial charge on any atom is -0.465 e. The Kier molecular flexibility index (Phi) is 7.81. The summed E-state index contributed by atoms with van der Waals surface area (Å²) in [5, 5.41) is 2.87. The quantitative estimate of drug-likeness (QED) is 0.632. The van der Waals surface area contributed by atoms with Gasteiger partial charge in [-0.05, 0) is 54.7 Å². The second-order valence-corrected chi connectivity index (χ2v) is 9.51. The first-order valence-electron chi connectivity index (χ1n) is 10.4. The Hall–Kier alpha value is -2.71. The maximum absolute atomic E-state index is 12.7. The number of methoxy groups -OCH3 is 1. The van der Waals surface area contributed by atoms with Gasteiger partial charge in [-0.2, -0.15) is 4.31 Å². The fraction of sp³-hybridized carbons (Fsp3) is 0.391. The van der Waals surface area contributed by atoms with Gasteiger partial charge in [0.15, 0.2) is 0 Å². The molecule has 1 aliphatic rings. The molecule has 0 atom stereocenters. The van der Waals surface area contributed by atoms with Crippen LogP contribution in [0.3, 0.4) is 0 Å². The fourth-order valence-electron chi connectivity index (χ4n) is 3.55. The zero-order chi connectivity index (χ0) is 22.3. The fourth-order valence-corrected chi connectivity index (χ4v) is 5.07. The number of piperidine rings is 1. The molecule has 2 aromatic rings. The molecular formula is C23H28N2O5S. The van der Waals surface area contributed by atoms with Gasteiger partial charge in [0.2, 0.25) is 15.9 Å². The van der Waals surface area contributed by atoms with E-state index >= 15 is 0 Å². The Morgan fingerprint density at radius 3 is 2.16 bits per heavy atom. The highest BCUT2D eigenvalue weighted by Crippen LogP contribution is 2.21. The number of esters is 1. The summed E-state index contributed by atoms with van der Waals surface area (Å²) < 4.78 is 31.6. The predicted octanol–water partition coefficient (Wildman–Crippen LogP) is 2.55. The number of hydrogen-bond acceptors (Lipinski definition) is 5. The summed E-state index contributed by atoms with van der Waals surface area (Å²) in [5.74, 6) is -0.507. The minimum atomic E-state index is -3.46. The molecular weight excluding hydrogens is 416 g/mol.